The molecule has 0 atom stereocenters. The van der Waals surface area contributed by atoms with Crippen molar-refractivity contribution in [1.82, 2.24) is 15.0 Å². The smallest absolute Gasteiger partial charge is 0.231 e. The molecule has 1 aromatic heterocycles. The van der Waals surface area contributed by atoms with Gasteiger partial charge in [-0.3, -0.25) is 0 Å². The highest BCUT2D eigenvalue weighted by Gasteiger charge is 2.10. The van der Waals surface area contributed by atoms with Crippen molar-refractivity contribution in [3.63, 3.8) is 0 Å². The van der Waals surface area contributed by atoms with Gasteiger partial charge in [0.15, 0.2) is 5.16 Å². The zero-order valence-electron chi connectivity index (χ0n) is 11.2. The van der Waals surface area contributed by atoms with Crippen LogP contribution in [0.2, 0.25) is 0 Å². The summed E-state index contributed by atoms with van der Waals surface area (Å²) in [6.45, 7) is 6.07. The highest BCUT2D eigenvalue weighted by Crippen LogP contribution is 2.18. The van der Waals surface area contributed by atoms with Crippen LogP contribution in [0.5, 0.6) is 0 Å². The third kappa shape index (κ3) is 4.30. The molecule has 0 aliphatic carbocycles. The van der Waals surface area contributed by atoms with E-state index in [2.05, 4.69) is 39.0 Å². The summed E-state index contributed by atoms with van der Waals surface area (Å²) in [5.41, 5.74) is 0. The van der Waals surface area contributed by atoms with Crippen molar-refractivity contribution in [2.45, 2.75) is 25.4 Å². The molecule has 1 aromatic rings. The van der Waals surface area contributed by atoms with Crippen LogP contribution in [0, 0.1) is 0 Å². The number of aromatic nitrogens is 3. The SMILES string of the molecule is CCN(CC)c1nc(NC)nc(SCCCO)n1. The fraction of sp³-hybridized carbons (Fsp3) is 0.727. The van der Waals surface area contributed by atoms with Gasteiger partial charge in [-0.15, -0.1) is 0 Å². The number of hydrogen-bond donors (Lipinski definition) is 2. The standard InChI is InChI=1S/C11H21N5OS/c1-4-16(5-2)10-13-9(12-3)14-11(15-10)18-8-6-7-17/h17H,4-8H2,1-3H3,(H,12,13,14,15). The van der Waals surface area contributed by atoms with Crippen LogP contribution in [0.3, 0.4) is 0 Å². The van der Waals surface area contributed by atoms with Gasteiger partial charge in [0.2, 0.25) is 11.9 Å². The summed E-state index contributed by atoms with van der Waals surface area (Å²) in [5, 5.41) is 12.4. The number of hydrogen-bond acceptors (Lipinski definition) is 7. The van der Waals surface area contributed by atoms with Crippen molar-refractivity contribution in [3.05, 3.63) is 0 Å². The number of anilines is 2. The maximum atomic E-state index is 8.78. The molecule has 0 aliphatic heterocycles. The molecule has 7 heteroatoms. The normalized spacial score (nSPS) is 10.4. The van der Waals surface area contributed by atoms with E-state index in [-0.39, 0.29) is 6.61 Å². The van der Waals surface area contributed by atoms with Gasteiger partial charge in [0.1, 0.15) is 0 Å². The number of rotatable bonds is 8. The second-order valence-corrected chi connectivity index (χ2v) is 4.65. The van der Waals surface area contributed by atoms with Crippen molar-refractivity contribution < 1.29 is 5.11 Å². The Labute approximate surface area is 112 Å². The molecule has 0 unspecified atom stereocenters. The van der Waals surface area contributed by atoms with E-state index in [1.54, 1.807) is 7.05 Å². The predicted octanol–water partition coefficient (Wildman–Crippen LogP) is 1.23. The van der Waals surface area contributed by atoms with E-state index in [9.17, 15) is 0 Å². The van der Waals surface area contributed by atoms with Crippen LogP contribution >= 0.6 is 11.8 Å². The van der Waals surface area contributed by atoms with Gasteiger partial charge in [0.25, 0.3) is 0 Å². The van der Waals surface area contributed by atoms with Crippen LogP contribution in [-0.4, -0.2) is 52.6 Å². The molecule has 2 N–H and O–H groups in total. The lowest BCUT2D eigenvalue weighted by molar-refractivity contribution is 0.296. The van der Waals surface area contributed by atoms with E-state index < -0.39 is 0 Å². The number of nitrogens with one attached hydrogen (secondary N) is 1. The zero-order chi connectivity index (χ0) is 13.4. The van der Waals surface area contributed by atoms with Gasteiger partial charge in [-0.1, -0.05) is 11.8 Å². The monoisotopic (exact) mass is 271 g/mol. The largest absolute Gasteiger partial charge is 0.396 e. The number of nitrogens with zero attached hydrogens (tertiary/aromatic N) is 4. The quantitative estimate of drug-likeness (QED) is 0.544. The lowest BCUT2D eigenvalue weighted by Gasteiger charge is -2.19. The maximum absolute atomic E-state index is 8.78. The van der Waals surface area contributed by atoms with E-state index >= 15 is 0 Å². The highest BCUT2D eigenvalue weighted by atomic mass is 32.2. The molecule has 0 amide bonds. The van der Waals surface area contributed by atoms with E-state index in [0.717, 1.165) is 25.3 Å². The summed E-state index contributed by atoms with van der Waals surface area (Å²) >= 11 is 1.54. The first-order valence-electron chi connectivity index (χ1n) is 6.17. The van der Waals surface area contributed by atoms with Gasteiger partial charge in [-0.2, -0.15) is 15.0 Å². The van der Waals surface area contributed by atoms with Gasteiger partial charge in [-0.25, -0.2) is 0 Å². The average molecular weight is 271 g/mol. The molecule has 6 nitrogen and oxygen atoms in total. The lowest BCUT2D eigenvalue weighted by atomic mass is 10.5. The Balaban J connectivity index is 2.86. The third-order valence-corrected chi connectivity index (χ3v) is 3.34. The average Bonchev–Trinajstić information content (AvgIpc) is 2.40. The first kappa shape index (κ1) is 15.0. The Bertz CT molecular complexity index is 359. The fourth-order valence-corrected chi connectivity index (χ4v) is 2.15. The van der Waals surface area contributed by atoms with Crippen LogP contribution in [0.25, 0.3) is 0 Å². The lowest BCUT2D eigenvalue weighted by Crippen LogP contribution is -2.25. The molecule has 0 radical (unpaired) electrons. The van der Waals surface area contributed by atoms with Gasteiger partial charge in [-0.05, 0) is 20.3 Å². The third-order valence-electron chi connectivity index (χ3n) is 2.41. The Morgan fingerprint density at radius 1 is 1.22 bits per heavy atom. The summed E-state index contributed by atoms with van der Waals surface area (Å²) in [4.78, 5) is 15.2. The number of thioether (sulfide) groups is 1. The van der Waals surface area contributed by atoms with E-state index in [4.69, 9.17) is 5.11 Å². The molecule has 1 rings (SSSR count). The summed E-state index contributed by atoms with van der Waals surface area (Å²) < 4.78 is 0. The molecule has 0 aliphatic rings. The van der Waals surface area contributed by atoms with Crippen molar-refractivity contribution in [1.29, 1.82) is 0 Å². The number of aliphatic hydroxyl groups excluding tert-OH is 1. The Morgan fingerprint density at radius 3 is 2.50 bits per heavy atom. The summed E-state index contributed by atoms with van der Waals surface area (Å²) in [5.74, 6) is 2.09. The summed E-state index contributed by atoms with van der Waals surface area (Å²) in [6.07, 6.45) is 0.742. The molecule has 0 saturated carbocycles. The maximum Gasteiger partial charge on any atom is 0.231 e. The molecular weight excluding hydrogens is 250 g/mol. The Kier molecular flexibility index (Phi) is 6.74. The summed E-state index contributed by atoms with van der Waals surface area (Å²) in [6, 6.07) is 0. The van der Waals surface area contributed by atoms with Crippen molar-refractivity contribution in [2.75, 3.05) is 42.7 Å². The van der Waals surface area contributed by atoms with Gasteiger partial charge < -0.3 is 15.3 Å². The van der Waals surface area contributed by atoms with Crippen molar-refractivity contribution in [2.24, 2.45) is 0 Å². The van der Waals surface area contributed by atoms with E-state index in [0.29, 0.717) is 17.1 Å². The predicted molar refractivity (Wildman–Crippen MR) is 75.4 cm³/mol. The molecular formula is C11H21N5OS. The van der Waals surface area contributed by atoms with Crippen molar-refractivity contribution in [3.8, 4) is 0 Å². The van der Waals surface area contributed by atoms with E-state index in [1.165, 1.54) is 11.8 Å². The second kappa shape index (κ2) is 8.10. The number of aliphatic hydroxyl groups is 1. The second-order valence-electron chi connectivity index (χ2n) is 3.59. The summed E-state index contributed by atoms with van der Waals surface area (Å²) in [7, 11) is 1.80. The van der Waals surface area contributed by atoms with Crippen LogP contribution in [-0.2, 0) is 0 Å². The molecule has 0 aromatic carbocycles. The minimum absolute atomic E-state index is 0.194. The Morgan fingerprint density at radius 2 is 1.94 bits per heavy atom. The van der Waals surface area contributed by atoms with E-state index in [1.807, 2.05) is 0 Å². The van der Waals surface area contributed by atoms with Crippen molar-refractivity contribution >= 4 is 23.7 Å². The molecule has 0 bridgehead atoms. The molecule has 18 heavy (non-hydrogen) atoms. The van der Waals surface area contributed by atoms with Crippen LogP contribution < -0.4 is 10.2 Å². The fourth-order valence-electron chi connectivity index (χ4n) is 1.40. The minimum Gasteiger partial charge on any atom is -0.396 e. The first-order chi connectivity index (χ1) is 8.74. The first-order valence-corrected chi connectivity index (χ1v) is 7.16. The van der Waals surface area contributed by atoms with Gasteiger partial charge >= 0.3 is 0 Å². The molecule has 0 saturated heterocycles. The topological polar surface area (TPSA) is 74.2 Å². The molecule has 1 heterocycles. The van der Waals surface area contributed by atoms with Crippen LogP contribution in [0.1, 0.15) is 20.3 Å². The zero-order valence-corrected chi connectivity index (χ0v) is 12.0. The van der Waals surface area contributed by atoms with Crippen LogP contribution in [0.4, 0.5) is 11.9 Å². The molecule has 0 spiro atoms. The van der Waals surface area contributed by atoms with Gasteiger partial charge in [0, 0.05) is 32.5 Å². The van der Waals surface area contributed by atoms with Gasteiger partial charge in [0.05, 0.1) is 0 Å². The Hall–Kier alpha value is -1.08. The minimum atomic E-state index is 0.194. The van der Waals surface area contributed by atoms with Crippen LogP contribution in [0.15, 0.2) is 5.16 Å². The molecule has 102 valence electrons. The molecule has 0 fully saturated rings. The highest BCUT2D eigenvalue weighted by molar-refractivity contribution is 7.99.